The number of hydrogen-bond donors (Lipinski definition) is 1. The first-order valence-corrected chi connectivity index (χ1v) is 7.07. The molecule has 0 radical (unpaired) electrons. The van der Waals surface area contributed by atoms with Gasteiger partial charge in [-0.25, -0.2) is 4.68 Å². The molecule has 0 atom stereocenters. The van der Waals surface area contributed by atoms with Crippen LogP contribution in [-0.2, 0) is 11.3 Å². The van der Waals surface area contributed by atoms with Crippen LogP contribution in [0.15, 0.2) is 17.1 Å². The van der Waals surface area contributed by atoms with Crippen LogP contribution >= 0.6 is 0 Å². The van der Waals surface area contributed by atoms with Crippen LogP contribution < -0.4 is 15.8 Å². The molecule has 1 aromatic rings. The van der Waals surface area contributed by atoms with E-state index in [0.717, 1.165) is 31.8 Å². The third kappa shape index (κ3) is 6.16. The first-order valence-electron chi connectivity index (χ1n) is 7.07. The zero-order valence-corrected chi connectivity index (χ0v) is 12.9. The van der Waals surface area contributed by atoms with Gasteiger partial charge in [-0.3, -0.25) is 4.79 Å². The van der Waals surface area contributed by atoms with E-state index in [0.29, 0.717) is 6.54 Å². The summed E-state index contributed by atoms with van der Waals surface area (Å²) in [6.07, 6.45) is 2.96. The highest BCUT2D eigenvalue weighted by Crippen LogP contribution is 2.02. The lowest BCUT2D eigenvalue weighted by atomic mass is 10.4. The van der Waals surface area contributed by atoms with Crippen LogP contribution in [0.3, 0.4) is 0 Å². The Bertz CT molecular complexity index is 443. The molecule has 1 heterocycles. The normalized spacial score (nSPS) is 11.1. The lowest BCUT2D eigenvalue weighted by Crippen LogP contribution is -2.30. The van der Waals surface area contributed by atoms with Gasteiger partial charge in [-0.15, -0.1) is 0 Å². The van der Waals surface area contributed by atoms with E-state index in [9.17, 15) is 4.79 Å². The summed E-state index contributed by atoms with van der Waals surface area (Å²) >= 11 is 0. The van der Waals surface area contributed by atoms with Gasteiger partial charge in [-0.2, -0.15) is 5.10 Å². The number of anilines is 1. The lowest BCUT2D eigenvalue weighted by Gasteiger charge is -2.12. The Morgan fingerprint density at radius 1 is 1.40 bits per heavy atom. The van der Waals surface area contributed by atoms with Crippen LogP contribution in [-0.4, -0.2) is 49.7 Å². The second-order valence-corrected chi connectivity index (χ2v) is 5.19. The Labute approximate surface area is 120 Å². The molecule has 114 valence electrons. The molecule has 0 saturated carbocycles. The number of nitrogens with one attached hydrogen (secondary N) is 1. The van der Waals surface area contributed by atoms with Crippen molar-refractivity contribution in [3.8, 4) is 0 Å². The van der Waals surface area contributed by atoms with Crippen molar-refractivity contribution < 1.29 is 4.74 Å². The third-order valence-corrected chi connectivity index (χ3v) is 2.82. The van der Waals surface area contributed by atoms with Gasteiger partial charge in [0, 0.05) is 33.3 Å². The molecule has 0 aliphatic heterocycles. The number of hydrogen-bond acceptors (Lipinski definition) is 5. The Morgan fingerprint density at radius 3 is 2.75 bits per heavy atom. The second kappa shape index (κ2) is 8.71. The van der Waals surface area contributed by atoms with Crippen LogP contribution in [0.1, 0.15) is 20.3 Å². The number of rotatable bonds is 9. The van der Waals surface area contributed by atoms with Crippen LogP contribution in [0.25, 0.3) is 0 Å². The fourth-order valence-corrected chi connectivity index (χ4v) is 1.66. The van der Waals surface area contributed by atoms with Crippen molar-refractivity contribution in [2.45, 2.75) is 32.9 Å². The van der Waals surface area contributed by atoms with Crippen molar-refractivity contribution in [3.63, 3.8) is 0 Å². The van der Waals surface area contributed by atoms with Gasteiger partial charge in [-0.05, 0) is 26.8 Å². The average Bonchev–Trinajstić information content (AvgIpc) is 2.38. The van der Waals surface area contributed by atoms with Gasteiger partial charge in [-0.1, -0.05) is 0 Å². The molecular weight excluding hydrogens is 256 g/mol. The van der Waals surface area contributed by atoms with Gasteiger partial charge in [0.1, 0.15) is 0 Å². The summed E-state index contributed by atoms with van der Waals surface area (Å²) < 4.78 is 6.93. The molecule has 0 bridgehead atoms. The Hall–Kier alpha value is -1.40. The van der Waals surface area contributed by atoms with Gasteiger partial charge in [0.2, 0.25) is 0 Å². The minimum Gasteiger partial charge on any atom is -0.379 e. The minimum atomic E-state index is -0.0684. The molecule has 20 heavy (non-hydrogen) atoms. The molecule has 1 N–H and O–H groups in total. The number of aromatic nitrogens is 2. The molecule has 0 aliphatic carbocycles. The highest BCUT2D eigenvalue weighted by molar-refractivity contribution is 5.40. The van der Waals surface area contributed by atoms with E-state index in [-0.39, 0.29) is 11.7 Å². The molecule has 1 aromatic heterocycles. The van der Waals surface area contributed by atoms with Crippen molar-refractivity contribution in [2.24, 2.45) is 0 Å². The molecule has 0 aliphatic rings. The highest BCUT2D eigenvalue weighted by atomic mass is 16.5. The summed E-state index contributed by atoms with van der Waals surface area (Å²) in [5, 5.41) is 7.44. The fraction of sp³-hybridized carbons (Fsp3) is 0.714. The molecular formula is C14H26N4O2. The quantitative estimate of drug-likeness (QED) is 0.676. The van der Waals surface area contributed by atoms with Gasteiger partial charge in [0.25, 0.3) is 5.56 Å². The lowest BCUT2D eigenvalue weighted by molar-refractivity contribution is 0.0771. The van der Waals surface area contributed by atoms with E-state index >= 15 is 0 Å². The average molecular weight is 282 g/mol. The van der Waals surface area contributed by atoms with Crippen molar-refractivity contribution in [2.75, 3.05) is 38.7 Å². The first-order chi connectivity index (χ1) is 9.50. The standard InChI is InChI=1S/C14H26N4O2/c1-12(2)20-9-5-6-15-7-8-18-14(19)10-13(11-16-18)17(3)4/h10-12,15H,5-9H2,1-4H3. The molecule has 0 unspecified atom stereocenters. The topological polar surface area (TPSA) is 59.4 Å². The largest absolute Gasteiger partial charge is 0.379 e. The summed E-state index contributed by atoms with van der Waals surface area (Å²) in [6, 6.07) is 1.60. The predicted molar refractivity (Wildman–Crippen MR) is 81.4 cm³/mol. The van der Waals surface area contributed by atoms with Gasteiger partial charge in [0.05, 0.1) is 24.5 Å². The Morgan fingerprint density at radius 2 is 2.15 bits per heavy atom. The van der Waals surface area contributed by atoms with Crippen LogP contribution in [0.2, 0.25) is 0 Å². The van der Waals surface area contributed by atoms with Crippen LogP contribution in [0.4, 0.5) is 5.69 Å². The highest BCUT2D eigenvalue weighted by Gasteiger charge is 2.01. The van der Waals surface area contributed by atoms with Crippen LogP contribution in [0.5, 0.6) is 0 Å². The van der Waals surface area contributed by atoms with E-state index < -0.39 is 0 Å². The second-order valence-electron chi connectivity index (χ2n) is 5.19. The molecule has 0 aromatic carbocycles. The smallest absolute Gasteiger partial charge is 0.268 e. The van der Waals surface area contributed by atoms with E-state index in [2.05, 4.69) is 10.4 Å². The minimum absolute atomic E-state index is 0.0684. The predicted octanol–water partition coefficient (Wildman–Crippen LogP) is 0.714. The maximum Gasteiger partial charge on any atom is 0.268 e. The monoisotopic (exact) mass is 282 g/mol. The zero-order chi connectivity index (χ0) is 15.0. The van der Waals surface area contributed by atoms with E-state index in [1.165, 1.54) is 4.68 Å². The molecule has 6 nitrogen and oxygen atoms in total. The molecule has 1 rings (SSSR count). The van der Waals surface area contributed by atoms with Crippen molar-refractivity contribution in [1.29, 1.82) is 0 Å². The fourth-order valence-electron chi connectivity index (χ4n) is 1.66. The van der Waals surface area contributed by atoms with Crippen molar-refractivity contribution in [1.82, 2.24) is 15.1 Å². The third-order valence-electron chi connectivity index (χ3n) is 2.82. The van der Waals surface area contributed by atoms with Gasteiger partial charge < -0.3 is 15.0 Å². The molecule has 0 fully saturated rings. The summed E-state index contributed by atoms with van der Waals surface area (Å²) in [6.45, 7) is 7.02. The number of ether oxygens (including phenoxy) is 1. The summed E-state index contributed by atoms with van der Waals surface area (Å²) in [7, 11) is 3.78. The Balaban J connectivity index is 2.24. The van der Waals surface area contributed by atoms with E-state index in [1.807, 2.05) is 32.8 Å². The maximum atomic E-state index is 11.8. The summed E-state index contributed by atoms with van der Waals surface area (Å²) in [4.78, 5) is 13.7. The number of nitrogens with zero attached hydrogens (tertiary/aromatic N) is 3. The summed E-state index contributed by atoms with van der Waals surface area (Å²) in [5.41, 5.74) is 0.756. The molecule has 0 amide bonds. The molecule has 6 heteroatoms. The van der Waals surface area contributed by atoms with Crippen molar-refractivity contribution in [3.05, 3.63) is 22.6 Å². The zero-order valence-electron chi connectivity index (χ0n) is 12.9. The van der Waals surface area contributed by atoms with Crippen molar-refractivity contribution >= 4 is 5.69 Å². The van der Waals surface area contributed by atoms with E-state index in [4.69, 9.17) is 4.74 Å². The summed E-state index contributed by atoms with van der Waals surface area (Å²) in [5.74, 6) is 0. The SMILES string of the molecule is CC(C)OCCCNCCn1ncc(N(C)C)cc1=O. The van der Waals surface area contributed by atoms with E-state index in [1.54, 1.807) is 12.3 Å². The van der Waals surface area contributed by atoms with Gasteiger partial charge >= 0.3 is 0 Å². The van der Waals surface area contributed by atoms with Gasteiger partial charge in [0.15, 0.2) is 0 Å². The first kappa shape index (κ1) is 16.7. The molecule has 0 spiro atoms. The van der Waals surface area contributed by atoms with Crippen LogP contribution in [0, 0.1) is 0 Å². The maximum absolute atomic E-state index is 11.8. The Kier molecular flexibility index (Phi) is 7.25. The molecule has 0 saturated heterocycles.